The van der Waals surface area contributed by atoms with Crippen molar-refractivity contribution < 1.29 is 0 Å². The summed E-state index contributed by atoms with van der Waals surface area (Å²) < 4.78 is 0. The third-order valence-corrected chi connectivity index (χ3v) is 1.51. The molecule has 0 saturated heterocycles. The molecule has 0 rings (SSSR count). The molecule has 0 saturated carbocycles. The zero-order chi connectivity index (χ0) is 6.57. The quantitative estimate of drug-likeness (QED) is 0.479. The van der Waals surface area contributed by atoms with E-state index in [1.165, 1.54) is 11.1 Å². The summed E-state index contributed by atoms with van der Waals surface area (Å²) in [5.74, 6) is 0. The van der Waals surface area contributed by atoms with Gasteiger partial charge in [0.05, 0.1) is 0 Å². The Hall–Kier alpha value is -0.520. The predicted molar refractivity (Wildman–Crippen MR) is 38.9 cm³/mol. The highest BCUT2D eigenvalue weighted by Gasteiger charge is 1.85. The van der Waals surface area contributed by atoms with Crippen molar-refractivity contribution in [3.8, 4) is 0 Å². The average Bonchev–Trinajstić information content (AvgIpc) is 1.84. The van der Waals surface area contributed by atoms with Gasteiger partial charge in [-0.15, -0.1) is 0 Å². The fourth-order valence-corrected chi connectivity index (χ4v) is 0.453. The fourth-order valence-electron chi connectivity index (χ4n) is 0.453. The van der Waals surface area contributed by atoms with Crippen molar-refractivity contribution in [3.63, 3.8) is 0 Å². The van der Waals surface area contributed by atoms with Gasteiger partial charge in [-0.2, -0.15) is 0 Å². The van der Waals surface area contributed by atoms with Gasteiger partial charge in [-0.1, -0.05) is 30.7 Å². The minimum atomic E-state index is 1.14. The monoisotopic (exact) mass is 110 g/mol. The first-order valence-corrected chi connectivity index (χ1v) is 3.01. The van der Waals surface area contributed by atoms with E-state index in [0.717, 1.165) is 6.42 Å². The summed E-state index contributed by atoms with van der Waals surface area (Å²) in [6, 6.07) is 0. The lowest BCUT2D eigenvalue weighted by molar-refractivity contribution is 1.07. The van der Waals surface area contributed by atoms with E-state index in [0.29, 0.717) is 0 Å². The summed E-state index contributed by atoms with van der Waals surface area (Å²) >= 11 is 0. The molecule has 0 fully saturated rings. The molecule has 0 heterocycles. The number of allylic oxidation sites excluding steroid dienone is 3. The van der Waals surface area contributed by atoms with Gasteiger partial charge in [0.2, 0.25) is 0 Å². The summed E-state index contributed by atoms with van der Waals surface area (Å²) in [5, 5.41) is 0. The van der Waals surface area contributed by atoms with E-state index < -0.39 is 0 Å². The van der Waals surface area contributed by atoms with Crippen molar-refractivity contribution >= 4 is 0 Å². The highest BCUT2D eigenvalue weighted by Crippen LogP contribution is 2.06. The minimum Gasteiger partial charge on any atom is -0.0988 e. The van der Waals surface area contributed by atoms with Crippen molar-refractivity contribution in [2.45, 2.75) is 27.2 Å². The first-order chi connectivity index (χ1) is 3.72. The highest BCUT2D eigenvalue weighted by molar-refractivity contribution is 5.19. The first kappa shape index (κ1) is 7.48. The van der Waals surface area contributed by atoms with E-state index in [1.807, 2.05) is 6.08 Å². The zero-order valence-corrected chi connectivity index (χ0v) is 5.99. The molecule has 0 aliphatic heterocycles. The molecule has 0 amide bonds. The lowest BCUT2D eigenvalue weighted by Crippen LogP contribution is -1.75. The molecule has 0 aliphatic rings. The molecule has 0 bridgehead atoms. The van der Waals surface area contributed by atoms with E-state index in [-0.39, 0.29) is 0 Å². The van der Waals surface area contributed by atoms with Gasteiger partial charge >= 0.3 is 0 Å². The van der Waals surface area contributed by atoms with Crippen molar-refractivity contribution in [2.24, 2.45) is 0 Å². The van der Waals surface area contributed by atoms with E-state index >= 15 is 0 Å². The lowest BCUT2D eigenvalue weighted by Gasteiger charge is -1.96. The standard InChI is InChI=1S/C8H14/c1-5-7(3)8(4)6-2/h5H,1,6H2,2-4H3. The normalized spacial score (nSPS) is 12.9. The number of hydrogen-bond donors (Lipinski definition) is 0. The average molecular weight is 110 g/mol. The maximum atomic E-state index is 3.67. The maximum Gasteiger partial charge on any atom is -0.0346 e. The van der Waals surface area contributed by atoms with Crippen LogP contribution in [-0.4, -0.2) is 0 Å². The molecule has 0 aromatic rings. The molecular formula is C8H14. The van der Waals surface area contributed by atoms with Crippen LogP contribution in [0.15, 0.2) is 23.8 Å². The molecule has 0 aliphatic carbocycles. The Morgan fingerprint density at radius 1 is 1.50 bits per heavy atom. The summed E-state index contributed by atoms with van der Waals surface area (Å²) in [6.45, 7) is 10.1. The van der Waals surface area contributed by atoms with E-state index in [4.69, 9.17) is 0 Å². The van der Waals surface area contributed by atoms with E-state index in [2.05, 4.69) is 27.4 Å². The Balaban J connectivity index is 4.03. The van der Waals surface area contributed by atoms with Gasteiger partial charge in [-0.05, 0) is 20.3 Å². The van der Waals surface area contributed by atoms with Crippen LogP contribution in [0, 0.1) is 0 Å². The van der Waals surface area contributed by atoms with Gasteiger partial charge in [0.1, 0.15) is 0 Å². The van der Waals surface area contributed by atoms with Crippen LogP contribution in [0.4, 0.5) is 0 Å². The molecule has 0 unspecified atom stereocenters. The number of hydrogen-bond acceptors (Lipinski definition) is 0. The van der Waals surface area contributed by atoms with E-state index in [1.54, 1.807) is 0 Å². The third kappa shape index (κ3) is 1.97. The van der Waals surface area contributed by atoms with Crippen molar-refractivity contribution in [3.05, 3.63) is 23.8 Å². The van der Waals surface area contributed by atoms with Crippen LogP contribution in [0.5, 0.6) is 0 Å². The molecule has 0 heteroatoms. The third-order valence-electron chi connectivity index (χ3n) is 1.51. The first-order valence-electron chi connectivity index (χ1n) is 3.01. The van der Waals surface area contributed by atoms with Gasteiger partial charge in [0, 0.05) is 0 Å². The Morgan fingerprint density at radius 2 is 2.00 bits per heavy atom. The minimum absolute atomic E-state index is 1.14. The van der Waals surface area contributed by atoms with Gasteiger partial charge in [0.15, 0.2) is 0 Å². The van der Waals surface area contributed by atoms with E-state index in [9.17, 15) is 0 Å². The van der Waals surface area contributed by atoms with Crippen LogP contribution < -0.4 is 0 Å². The zero-order valence-electron chi connectivity index (χ0n) is 5.99. The van der Waals surface area contributed by atoms with Crippen LogP contribution >= 0.6 is 0 Å². The maximum absolute atomic E-state index is 3.67. The Kier molecular flexibility index (Phi) is 3.25. The Morgan fingerprint density at radius 3 is 2.12 bits per heavy atom. The summed E-state index contributed by atoms with van der Waals surface area (Å²) in [5.41, 5.74) is 2.74. The molecule has 8 heavy (non-hydrogen) atoms. The van der Waals surface area contributed by atoms with Crippen LogP contribution in [-0.2, 0) is 0 Å². The molecule has 0 nitrogen and oxygen atoms in total. The van der Waals surface area contributed by atoms with Crippen molar-refractivity contribution in [1.82, 2.24) is 0 Å². The Labute approximate surface area is 51.9 Å². The lowest BCUT2D eigenvalue weighted by atomic mass is 10.1. The molecule has 46 valence electrons. The van der Waals surface area contributed by atoms with Crippen LogP contribution in [0.3, 0.4) is 0 Å². The second kappa shape index (κ2) is 3.48. The molecule has 0 N–H and O–H groups in total. The topological polar surface area (TPSA) is 0 Å². The molecule has 0 spiro atoms. The molecule has 0 aromatic heterocycles. The molecule has 0 aromatic carbocycles. The van der Waals surface area contributed by atoms with Crippen molar-refractivity contribution in [1.29, 1.82) is 0 Å². The number of rotatable bonds is 2. The largest absolute Gasteiger partial charge is 0.0988 e. The van der Waals surface area contributed by atoms with Crippen LogP contribution in [0.25, 0.3) is 0 Å². The second-order valence-corrected chi connectivity index (χ2v) is 2.02. The molecule has 0 radical (unpaired) electrons. The summed E-state index contributed by atoms with van der Waals surface area (Å²) in [7, 11) is 0. The van der Waals surface area contributed by atoms with Gasteiger partial charge in [-0.25, -0.2) is 0 Å². The summed E-state index contributed by atoms with van der Waals surface area (Å²) in [6.07, 6.45) is 3.04. The summed E-state index contributed by atoms with van der Waals surface area (Å²) in [4.78, 5) is 0. The van der Waals surface area contributed by atoms with Gasteiger partial charge in [-0.3, -0.25) is 0 Å². The van der Waals surface area contributed by atoms with Gasteiger partial charge < -0.3 is 0 Å². The second-order valence-electron chi connectivity index (χ2n) is 2.02. The van der Waals surface area contributed by atoms with Gasteiger partial charge in [0.25, 0.3) is 0 Å². The van der Waals surface area contributed by atoms with Crippen molar-refractivity contribution in [2.75, 3.05) is 0 Å². The molecule has 0 atom stereocenters. The van der Waals surface area contributed by atoms with Crippen LogP contribution in [0.2, 0.25) is 0 Å². The SMILES string of the molecule is C=CC(C)=C(C)CC. The smallest absolute Gasteiger partial charge is 0.0346 e. The van der Waals surface area contributed by atoms with Crippen LogP contribution in [0.1, 0.15) is 27.2 Å². The fraction of sp³-hybridized carbons (Fsp3) is 0.500. The highest BCUT2D eigenvalue weighted by atomic mass is 13.9. The Bertz CT molecular complexity index is 107. The molecular weight excluding hydrogens is 96.1 g/mol. The predicted octanol–water partition coefficient (Wildman–Crippen LogP) is 2.92.